The molecule has 0 radical (unpaired) electrons. The largest absolute Gasteiger partial charge is 0.332 e. The van der Waals surface area contributed by atoms with E-state index >= 15 is 0 Å². The highest BCUT2D eigenvalue weighted by Gasteiger charge is 2.40. The zero-order valence-electron chi connectivity index (χ0n) is 15.5. The van der Waals surface area contributed by atoms with Crippen LogP contribution in [-0.4, -0.2) is 52.9 Å². The zero-order valence-corrected chi connectivity index (χ0v) is 15.5. The highest BCUT2D eigenvalue weighted by Crippen LogP contribution is 2.33. The molecule has 1 aromatic rings. The van der Waals surface area contributed by atoms with Crippen molar-refractivity contribution in [3.8, 4) is 0 Å². The van der Waals surface area contributed by atoms with Crippen molar-refractivity contribution >= 4 is 11.7 Å². The monoisotopic (exact) mass is 342 g/mol. The third-order valence-corrected chi connectivity index (χ3v) is 6.53. The van der Waals surface area contributed by atoms with E-state index in [0.29, 0.717) is 29.7 Å². The summed E-state index contributed by atoms with van der Waals surface area (Å²) in [6.07, 6.45) is 12.1. The minimum Gasteiger partial charge on any atom is -0.332 e. The number of Topliss-reactive ketones (excluding diaryl/α,β-unsaturated/α-hetero) is 1. The van der Waals surface area contributed by atoms with Gasteiger partial charge in [-0.1, -0.05) is 0 Å². The van der Waals surface area contributed by atoms with Crippen LogP contribution in [0.25, 0.3) is 0 Å². The lowest BCUT2D eigenvalue weighted by Gasteiger charge is -2.39. The molecule has 5 nitrogen and oxygen atoms in total. The van der Waals surface area contributed by atoms with Gasteiger partial charge in [-0.25, -0.2) is 9.97 Å². The lowest BCUT2D eigenvalue weighted by molar-refractivity contribution is -0.121. The number of hydrogen-bond donors (Lipinski definition) is 0. The van der Waals surface area contributed by atoms with Crippen molar-refractivity contribution in [1.29, 1.82) is 0 Å². The summed E-state index contributed by atoms with van der Waals surface area (Å²) < 4.78 is 0. The normalized spacial score (nSPS) is 32.8. The number of carbonyl (C=O) groups is 1. The molecule has 0 N–H and O–H groups in total. The van der Waals surface area contributed by atoms with Crippen LogP contribution in [0.2, 0.25) is 0 Å². The van der Waals surface area contributed by atoms with Gasteiger partial charge in [0, 0.05) is 43.5 Å². The Morgan fingerprint density at radius 3 is 2.20 bits per heavy atom. The Morgan fingerprint density at radius 2 is 1.64 bits per heavy atom. The molecule has 0 aromatic carbocycles. The Bertz CT molecular complexity index is 595. The molecule has 2 bridgehead atoms. The summed E-state index contributed by atoms with van der Waals surface area (Å²) in [6, 6.07) is 1.16. The zero-order chi connectivity index (χ0) is 17.4. The number of fused-ring (bicyclic) bond motifs is 2. The van der Waals surface area contributed by atoms with Gasteiger partial charge in [0.15, 0.2) is 0 Å². The third kappa shape index (κ3) is 3.57. The van der Waals surface area contributed by atoms with E-state index in [-0.39, 0.29) is 0 Å². The molecule has 3 heterocycles. The number of aromatic nitrogens is 2. The van der Waals surface area contributed by atoms with Gasteiger partial charge in [-0.3, -0.25) is 4.79 Å². The Balaban J connectivity index is 1.36. The van der Waals surface area contributed by atoms with Crippen molar-refractivity contribution in [2.75, 3.05) is 25.0 Å². The molecule has 2 aliphatic heterocycles. The standard InChI is InChI=1S/C20H30N4O/c1-14(25)17-5-3-15(4-6-17)9-16-10-21-20(22-11-16)24-18-7-8-19(24)13-23(2)12-18/h10-11,15,17-19H,3-9,12-13H2,1-2H3/t15-,17-,18?,19?. The minimum atomic E-state index is 0.308. The number of carbonyl (C=O) groups excluding carboxylic acids is 1. The fourth-order valence-electron chi connectivity index (χ4n) is 5.13. The van der Waals surface area contributed by atoms with Crippen molar-refractivity contribution in [3.63, 3.8) is 0 Å². The molecule has 0 spiro atoms. The van der Waals surface area contributed by atoms with Crippen LogP contribution < -0.4 is 4.90 Å². The topological polar surface area (TPSA) is 49.3 Å². The summed E-state index contributed by atoms with van der Waals surface area (Å²) in [5.74, 6) is 2.28. The first kappa shape index (κ1) is 17.0. The number of ketones is 1. The number of likely N-dealkylation sites (tertiary alicyclic amines) is 1. The molecule has 2 saturated heterocycles. The fourth-order valence-corrected chi connectivity index (χ4v) is 5.13. The molecule has 1 aliphatic carbocycles. The van der Waals surface area contributed by atoms with Gasteiger partial charge in [-0.2, -0.15) is 0 Å². The van der Waals surface area contributed by atoms with E-state index in [1.807, 2.05) is 12.4 Å². The van der Waals surface area contributed by atoms with Crippen LogP contribution in [0.5, 0.6) is 0 Å². The highest BCUT2D eigenvalue weighted by atomic mass is 16.1. The quantitative estimate of drug-likeness (QED) is 0.842. The van der Waals surface area contributed by atoms with Crippen LogP contribution in [-0.2, 0) is 11.2 Å². The summed E-state index contributed by atoms with van der Waals surface area (Å²) in [5.41, 5.74) is 1.25. The number of rotatable bonds is 4. The fraction of sp³-hybridized carbons (Fsp3) is 0.750. The van der Waals surface area contributed by atoms with Gasteiger partial charge in [-0.05, 0) is 70.4 Å². The summed E-state index contributed by atoms with van der Waals surface area (Å²) in [7, 11) is 2.22. The van der Waals surface area contributed by atoms with Crippen LogP contribution in [0.15, 0.2) is 12.4 Å². The van der Waals surface area contributed by atoms with E-state index in [1.54, 1.807) is 6.92 Å². The SMILES string of the molecule is CC(=O)[C@H]1CC[C@H](Cc2cnc(N3C4CCC3CN(C)C4)nc2)CC1. The van der Waals surface area contributed by atoms with E-state index in [1.165, 1.54) is 18.4 Å². The molecule has 25 heavy (non-hydrogen) atoms. The smallest absolute Gasteiger partial charge is 0.225 e. The van der Waals surface area contributed by atoms with Crippen LogP contribution in [0.1, 0.15) is 51.0 Å². The van der Waals surface area contributed by atoms with Gasteiger partial charge in [0.05, 0.1) is 0 Å². The molecule has 0 amide bonds. The molecule has 4 rings (SSSR count). The minimum absolute atomic E-state index is 0.308. The van der Waals surface area contributed by atoms with Crippen molar-refractivity contribution < 1.29 is 4.79 Å². The Labute approximate surface area is 150 Å². The van der Waals surface area contributed by atoms with E-state index < -0.39 is 0 Å². The first-order valence-electron chi connectivity index (χ1n) is 9.88. The number of nitrogens with zero attached hydrogens (tertiary/aromatic N) is 4. The molecule has 2 atom stereocenters. The average Bonchev–Trinajstić information content (AvgIpc) is 2.87. The molecule has 5 heteroatoms. The maximum Gasteiger partial charge on any atom is 0.225 e. The van der Waals surface area contributed by atoms with Gasteiger partial charge in [0.1, 0.15) is 5.78 Å². The molecule has 3 fully saturated rings. The van der Waals surface area contributed by atoms with Gasteiger partial charge >= 0.3 is 0 Å². The Kier molecular flexibility index (Phi) is 4.76. The number of likely N-dealkylation sites (N-methyl/N-ethyl adjacent to an activating group) is 1. The van der Waals surface area contributed by atoms with Gasteiger partial charge < -0.3 is 9.80 Å². The molecule has 2 unspecified atom stereocenters. The van der Waals surface area contributed by atoms with Crippen molar-refractivity contribution in [1.82, 2.24) is 14.9 Å². The summed E-state index contributed by atoms with van der Waals surface area (Å²) in [6.45, 7) is 3.99. The van der Waals surface area contributed by atoms with Crippen LogP contribution >= 0.6 is 0 Å². The second-order valence-electron chi connectivity index (χ2n) is 8.44. The number of anilines is 1. The number of piperazine rings is 1. The highest BCUT2D eigenvalue weighted by molar-refractivity contribution is 5.78. The predicted octanol–water partition coefficient (Wildman–Crippen LogP) is 2.70. The molecular weight excluding hydrogens is 312 g/mol. The summed E-state index contributed by atoms with van der Waals surface area (Å²) in [4.78, 5) is 25.8. The predicted molar refractivity (Wildman–Crippen MR) is 98.7 cm³/mol. The first-order valence-corrected chi connectivity index (χ1v) is 9.88. The van der Waals surface area contributed by atoms with Crippen molar-refractivity contribution in [2.45, 2.75) is 64.0 Å². The Hall–Kier alpha value is -1.49. The van der Waals surface area contributed by atoms with Crippen LogP contribution in [0.4, 0.5) is 5.95 Å². The molecule has 1 saturated carbocycles. The van der Waals surface area contributed by atoms with E-state index in [9.17, 15) is 4.79 Å². The van der Waals surface area contributed by atoms with E-state index in [0.717, 1.165) is 51.1 Å². The Morgan fingerprint density at radius 1 is 1.04 bits per heavy atom. The lowest BCUT2D eigenvalue weighted by atomic mass is 9.78. The van der Waals surface area contributed by atoms with E-state index in [4.69, 9.17) is 9.97 Å². The van der Waals surface area contributed by atoms with Crippen molar-refractivity contribution in [2.24, 2.45) is 11.8 Å². The average molecular weight is 342 g/mol. The maximum atomic E-state index is 11.5. The van der Waals surface area contributed by atoms with Crippen molar-refractivity contribution in [3.05, 3.63) is 18.0 Å². The van der Waals surface area contributed by atoms with Crippen LogP contribution in [0.3, 0.4) is 0 Å². The van der Waals surface area contributed by atoms with E-state index in [2.05, 4.69) is 16.8 Å². The lowest BCUT2D eigenvalue weighted by Crippen LogP contribution is -2.53. The van der Waals surface area contributed by atoms with Crippen LogP contribution in [0, 0.1) is 11.8 Å². The molecular formula is C20H30N4O. The number of hydrogen-bond acceptors (Lipinski definition) is 5. The summed E-state index contributed by atoms with van der Waals surface area (Å²) in [5, 5.41) is 0. The first-order chi connectivity index (χ1) is 12.1. The molecule has 1 aromatic heterocycles. The van der Waals surface area contributed by atoms with Gasteiger partial charge in [0.25, 0.3) is 0 Å². The molecule has 136 valence electrons. The summed E-state index contributed by atoms with van der Waals surface area (Å²) >= 11 is 0. The van der Waals surface area contributed by atoms with Gasteiger partial charge in [0.2, 0.25) is 5.95 Å². The van der Waals surface area contributed by atoms with Gasteiger partial charge in [-0.15, -0.1) is 0 Å². The maximum absolute atomic E-state index is 11.5. The second kappa shape index (κ2) is 7.02. The molecule has 3 aliphatic rings. The second-order valence-corrected chi connectivity index (χ2v) is 8.44. The third-order valence-electron chi connectivity index (χ3n) is 6.53.